The Morgan fingerprint density at radius 2 is 2.50 bits per heavy atom. The Labute approximate surface area is 84.0 Å². The van der Waals surface area contributed by atoms with Crippen molar-refractivity contribution in [2.75, 3.05) is 18.0 Å². The van der Waals surface area contributed by atoms with E-state index in [2.05, 4.69) is 22.9 Å². The summed E-state index contributed by atoms with van der Waals surface area (Å²) in [6.07, 6.45) is 4.66. The molecule has 1 aromatic heterocycles. The van der Waals surface area contributed by atoms with Gasteiger partial charge in [0.15, 0.2) is 0 Å². The van der Waals surface area contributed by atoms with E-state index < -0.39 is 0 Å². The molecular weight excluding hydrogens is 174 g/mol. The van der Waals surface area contributed by atoms with E-state index in [1.54, 1.807) is 18.5 Å². The maximum Gasteiger partial charge on any atom is 0.101 e. The molecule has 3 nitrogen and oxygen atoms in total. The fourth-order valence-electron chi connectivity index (χ4n) is 1.89. The third kappa shape index (κ3) is 1.56. The average molecular weight is 187 g/mol. The fourth-order valence-corrected chi connectivity index (χ4v) is 1.89. The highest BCUT2D eigenvalue weighted by Crippen LogP contribution is 2.25. The molecule has 0 saturated carbocycles. The van der Waals surface area contributed by atoms with Gasteiger partial charge in [0.05, 0.1) is 17.4 Å². The van der Waals surface area contributed by atoms with Crippen molar-refractivity contribution in [3.05, 3.63) is 24.0 Å². The Kier molecular flexibility index (Phi) is 2.36. The predicted octanol–water partition coefficient (Wildman–Crippen LogP) is 1.80. The summed E-state index contributed by atoms with van der Waals surface area (Å²) in [6, 6.07) is 3.98. The molecule has 1 atom stereocenters. The van der Waals surface area contributed by atoms with Crippen LogP contribution < -0.4 is 4.90 Å². The second kappa shape index (κ2) is 3.67. The average Bonchev–Trinajstić information content (AvgIpc) is 2.65. The Hall–Kier alpha value is -1.56. The van der Waals surface area contributed by atoms with E-state index in [0.29, 0.717) is 0 Å². The molecule has 72 valence electrons. The topological polar surface area (TPSA) is 39.9 Å². The van der Waals surface area contributed by atoms with Crippen molar-refractivity contribution in [2.45, 2.75) is 13.3 Å². The van der Waals surface area contributed by atoms with Gasteiger partial charge in [0.1, 0.15) is 6.07 Å². The molecule has 1 saturated heterocycles. The van der Waals surface area contributed by atoms with E-state index in [0.717, 1.165) is 30.3 Å². The summed E-state index contributed by atoms with van der Waals surface area (Å²) in [5.74, 6) is 0.724. The van der Waals surface area contributed by atoms with E-state index in [-0.39, 0.29) is 0 Å². The standard InChI is InChI=1S/C11H13N3/c1-9-3-5-14(8-9)11-7-13-4-2-10(11)6-12/h2,4,7,9H,3,5,8H2,1H3. The Balaban J connectivity index is 2.28. The summed E-state index contributed by atoms with van der Waals surface area (Å²) in [5.41, 5.74) is 1.72. The third-order valence-electron chi connectivity index (χ3n) is 2.69. The molecule has 0 aliphatic carbocycles. The Bertz CT molecular complexity index is 367. The SMILES string of the molecule is CC1CCN(c2cnccc2C#N)C1. The molecule has 0 N–H and O–H groups in total. The van der Waals surface area contributed by atoms with E-state index in [1.165, 1.54) is 6.42 Å². The number of rotatable bonds is 1. The van der Waals surface area contributed by atoms with Gasteiger partial charge < -0.3 is 4.90 Å². The highest BCUT2D eigenvalue weighted by atomic mass is 15.2. The molecule has 0 amide bonds. The smallest absolute Gasteiger partial charge is 0.101 e. The van der Waals surface area contributed by atoms with Crippen LogP contribution in [0.3, 0.4) is 0 Å². The number of pyridine rings is 1. The summed E-state index contributed by atoms with van der Waals surface area (Å²) < 4.78 is 0. The maximum absolute atomic E-state index is 8.94. The second-order valence-corrected chi connectivity index (χ2v) is 3.84. The Morgan fingerprint density at radius 3 is 3.14 bits per heavy atom. The lowest BCUT2D eigenvalue weighted by molar-refractivity contribution is 0.659. The molecule has 0 aromatic carbocycles. The summed E-state index contributed by atoms with van der Waals surface area (Å²) >= 11 is 0. The predicted molar refractivity (Wildman–Crippen MR) is 54.9 cm³/mol. The Morgan fingerprint density at radius 1 is 1.64 bits per heavy atom. The first-order valence-corrected chi connectivity index (χ1v) is 4.90. The van der Waals surface area contributed by atoms with Crippen LogP contribution in [-0.4, -0.2) is 18.1 Å². The molecular formula is C11H13N3. The van der Waals surface area contributed by atoms with Gasteiger partial charge in [0.25, 0.3) is 0 Å². The quantitative estimate of drug-likeness (QED) is 0.673. The van der Waals surface area contributed by atoms with Gasteiger partial charge in [0, 0.05) is 19.3 Å². The van der Waals surface area contributed by atoms with Gasteiger partial charge in [0.2, 0.25) is 0 Å². The van der Waals surface area contributed by atoms with E-state index in [1.807, 2.05) is 0 Å². The van der Waals surface area contributed by atoms with Crippen LogP contribution in [0.1, 0.15) is 18.9 Å². The van der Waals surface area contributed by atoms with Crippen LogP contribution in [0, 0.1) is 17.2 Å². The first kappa shape index (κ1) is 9.01. The van der Waals surface area contributed by atoms with Crippen LogP contribution in [0.2, 0.25) is 0 Å². The first-order chi connectivity index (χ1) is 6.81. The fraction of sp³-hybridized carbons (Fsp3) is 0.455. The van der Waals surface area contributed by atoms with Crippen molar-refractivity contribution in [2.24, 2.45) is 5.92 Å². The number of aromatic nitrogens is 1. The van der Waals surface area contributed by atoms with E-state index in [9.17, 15) is 0 Å². The highest BCUT2D eigenvalue weighted by Gasteiger charge is 2.20. The zero-order chi connectivity index (χ0) is 9.97. The van der Waals surface area contributed by atoms with E-state index in [4.69, 9.17) is 5.26 Å². The molecule has 0 radical (unpaired) electrons. The molecule has 1 unspecified atom stereocenters. The van der Waals surface area contributed by atoms with Crippen LogP contribution in [0.25, 0.3) is 0 Å². The van der Waals surface area contributed by atoms with Crippen LogP contribution in [0.5, 0.6) is 0 Å². The van der Waals surface area contributed by atoms with Gasteiger partial charge in [-0.25, -0.2) is 0 Å². The van der Waals surface area contributed by atoms with Crippen LogP contribution in [0.15, 0.2) is 18.5 Å². The summed E-state index contributed by atoms with van der Waals surface area (Å²) in [5, 5.41) is 8.94. The molecule has 1 aliphatic heterocycles. The lowest BCUT2D eigenvalue weighted by Gasteiger charge is -2.18. The van der Waals surface area contributed by atoms with Crippen molar-refractivity contribution in [1.29, 1.82) is 5.26 Å². The molecule has 3 heteroatoms. The van der Waals surface area contributed by atoms with Crippen LogP contribution >= 0.6 is 0 Å². The zero-order valence-electron chi connectivity index (χ0n) is 8.27. The number of hydrogen-bond acceptors (Lipinski definition) is 3. The molecule has 0 bridgehead atoms. The minimum absolute atomic E-state index is 0.724. The van der Waals surface area contributed by atoms with Crippen molar-refractivity contribution in [3.8, 4) is 6.07 Å². The van der Waals surface area contributed by atoms with Gasteiger partial charge >= 0.3 is 0 Å². The molecule has 2 rings (SSSR count). The van der Waals surface area contributed by atoms with Crippen molar-refractivity contribution < 1.29 is 0 Å². The minimum Gasteiger partial charge on any atom is -0.369 e. The summed E-state index contributed by atoms with van der Waals surface area (Å²) in [4.78, 5) is 6.32. The molecule has 14 heavy (non-hydrogen) atoms. The van der Waals surface area contributed by atoms with E-state index >= 15 is 0 Å². The van der Waals surface area contributed by atoms with Crippen LogP contribution in [-0.2, 0) is 0 Å². The van der Waals surface area contributed by atoms with Gasteiger partial charge in [-0.15, -0.1) is 0 Å². The van der Waals surface area contributed by atoms with Gasteiger partial charge in [-0.3, -0.25) is 4.98 Å². The second-order valence-electron chi connectivity index (χ2n) is 3.84. The molecule has 0 spiro atoms. The minimum atomic E-state index is 0.724. The maximum atomic E-state index is 8.94. The first-order valence-electron chi connectivity index (χ1n) is 4.90. The summed E-state index contributed by atoms with van der Waals surface area (Å²) in [6.45, 7) is 4.32. The van der Waals surface area contributed by atoms with Gasteiger partial charge in [-0.2, -0.15) is 5.26 Å². The highest BCUT2D eigenvalue weighted by molar-refractivity contribution is 5.58. The molecule has 1 aliphatic rings. The molecule has 1 aromatic rings. The van der Waals surface area contributed by atoms with Crippen LogP contribution in [0.4, 0.5) is 5.69 Å². The van der Waals surface area contributed by atoms with Crippen molar-refractivity contribution in [1.82, 2.24) is 4.98 Å². The van der Waals surface area contributed by atoms with Gasteiger partial charge in [-0.05, 0) is 18.4 Å². The lowest BCUT2D eigenvalue weighted by atomic mass is 10.2. The number of anilines is 1. The summed E-state index contributed by atoms with van der Waals surface area (Å²) in [7, 11) is 0. The largest absolute Gasteiger partial charge is 0.369 e. The lowest BCUT2D eigenvalue weighted by Crippen LogP contribution is -2.20. The monoisotopic (exact) mass is 187 g/mol. The number of nitriles is 1. The van der Waals surface area contributed by atoms with Gasteiger partial charge in [-0.1, -0.05) is 6.92 Å². The third-order valence-corrected chi connectivity index (χ3v) is 2.69. The number of nitrogens with zero attached hydrogens (tertiary/aromatic N) is 3. The normalized spacial score (nSPS) is 20.9. The number of hydrogen-bond donors (Lipinski definition) is 0. The zero-order valence-corrected chi connectivity index (χ0v) is 8.27. The molecule has 2 heterocycles. The van der Waals surface area contributed by atoms with Crippen molar-refractivity contribution >= 4 is 5.69 Å². The van der Waals surface area contributed by atoms with Crippen molar-refractivity contribution in [3.63, 3.8) is 0 Å². The molecule has 1 fully saturated rings.